The van der Waals surface area contributed by atoms with Crippen LogP contribution in [-0.4, -0.2) is 42.4 Å². The van der Waals surface area contributed by atoms with Crippen molar-refractivity contribution in [3.63, 3.8) is 0 Å². The Labute approximate surface area is 108 Å². The Morgan fingerprint density at radius 2 is 2.12 bits per heavy atom. The Morgan fingerprint density at radius 1 is 1.41 bits per heavy atom. The molecule has 1 N–H and O–H groups in total. The molecule has 0 saturated carbocycles. The van der Waals surface area contributed by atoms with E-state index in [4.69, 9.17) is 16.3 Å². The number of benzene rings is 1. The van der Waals surface area contributed by atoms with Gasteiger partial charge in [-0.05, 0) is 39.1 Å². The van der Waals surface area contributed by atoms with E-state index in [9.17, 15) is 5.11 Å². The molecule has 0 bridgehead atoms. The summed E-state index contributed by atoms with van der Waals surface area (Å²) in [5.74, 6) is 0.772. The third kappa shape index (κ3) is 6.51. The molecule has 0 aliphatic rings. The first-order valence-corrected chi connectivity index (χ1v) is 6.04. The lowest BCUT2D eigenvalue weighted by Gasteiger charge is -2.25. The van der Waals surface area contributed by atoms with Gasteiger partial charge in [-0.1, -0.05) is 17.7 Å². The van der Waals surface area contributed by atoms with E-state index in [2.05, 4.69) is 0 Å². The van der Waals surface area contributed by atoms with Gasteiger partial charge in [0, 0.05) is 18.1 Å². The van der Waals surface area contributed by atoms with Crippen LogP contribution in [0.4, 0.5) is 0 Å². The minimum atomic E-state index is -0.676. The van der Waals surface area contributed by atoms with Crippen LogP contribution in [0, 0.1) is 0 Å². The molecule has 0 fully saturated rings. The predicted octanol–water partition coefficient (Wildman–Crippen LogP) is 2.42. The summed E-state index contributed by atoms with van der Waals surface area (Å²) in [5, 5.41) is 10.3. The van der Waals surface area contributed by atoms with Crippen LogP contribution in [0.1, 0.15) is 13.8 Å². The second-order valence-corrected chi connectivity index (χ2v) is 5.29. The standard InChI is InChI=1S/C13H20ClNO2/c1-13(2,16)10-15(3)7-8-17-12-6-4-5-11(14)9-12/h4-6,9,16H,7-8,10H2,1-3H3. The average Bonchev–Trinajstić information content (AvgIpc) is 2.14. The second kappa shape index (κ2) is 6.24. The fourth-order valence-corrected chi connectivity index (χ4v) is 1.80. The topological polar surface area (TPSA) is 32.7 Å². The molecule has 0 amide bonds. The SMILES string of the molecule is CN(CCOc1cccc(Cl)c1)CC(C)(C)O. The summed E-state index contributed by atoms with van der Waals surface area (Å²) in [6.45, 7) is 5.54. The number of nitrogens with zero attached hydrogens (tertiary/aromatic N) is 1. The summed E-state index contributed by atoms with van der Waals surface area (Å²) < 4.78 is 5.56. The first-order valence-electron chi connectivity index (χ1n) is 5.66. The summed E-state index contributed by atoms with van der Waals surface area (Å²) >= 11 is 5.85. The van der Waals surface area contributed by atoms with E-state index in [1.165, 1.54) is 0 Å². The fourth-order valence-electron chi connectivity index (χ4n) is 1.62. The molecule has 0 spiro atoms. The third-order valence-electron chi connectivity index (χ3n) is 2.19. The molecule has 3 nitrogen and oxygen atoms in total. The van der Waals surface area contributed by atoms with Crippen LogP contribution >= 0.6 is 11.6 Å². The zero-order chi connectivity index (χ0) is 12.9. The quantitative estimate of drug-likeness (QED) is 0.850. The van der Waals surface area contributed by atoms with Crippen LogP contribution in [0.5, 0.6) is 5.75 Å². The normalized spacial score (nSPS) is 11.9. The van der Waals surface area contributed by atoms with Crippen molar-refractivity contribution in [1.82, 2.24) is 4.90 Å². The molecule has 0 atom stereocenters. The molecule has 1 aromatic rings. The van der Waals surface area contributed by atoms with Crippen LogP contribution in [0.2, 0.25) is 5.02 Å². The molecule has 0 aliphatic carbocycles. The van der Waals surface area contributed by atoms with Gasteiger partial charge in [0.25, 0.3) is 0 Å². The predicted molar refractivity (Wildman–Crippen MR) is 70.7 cm³/mol. The molecule has 0 aliphatic heterocycles. The fraction of sp³-hybridized carbons (Fsp3) is 0.538. The Morgan fingerprint density at radius 3 is 2.71 bits per heavy atom. The van der Waals surface area contributed by atoms with Crippen LogP contribution in [0.15, 0.2) is 24.3 Å². The summed E-state index contributed by atoms with van der Waals surface area (Å²) in [4.78, 5) is 2.03. The number of aliphatic hydroxyl groups is 1. The Balaban J connectivity index is 2.28. The van der Waals surface area contributed by atoms with E-state index in [0.29, 0.717) is 18.2 Å². The van der Waals surface area contributed by atoms with Gasteiger partial charge < -0.3 is 14.7 Å². The van der Waals surface area contributed by atoms with Crippen LogP contribution in [0.3, 0.4) is 0 Å². The molecular formula is C13H20ClNO2. The molecule has 0 unspecified atom stereocenters. The smallest absolute Gasteiger partial charge is 0.120 e. The minimum Gasteiger partial charge on any atom is -0.492 e. The lowest BCUT2D eigenvalue weighted by atomic mass is 10.1. The highest BCUT2D eigenvalue weighted by Crippen LogP contribution is 2.16. The summed E-state index contributed by atoms with van der Waals surface area (Å²) in [6, 6.07) is 7.34. The lowest BCUT2D eigenvalue weighted by molar-refractivity contribution is 0.0411. The molecule has 1 aromatic carbocycles. The highest BCUT2D eigenvalue weighted by atomic mass is 35.5. The van der Waals surface area contributed by atoms with Crippen molar-refractivity contribution < 1.29 is 9.84 Å². The first kappa shape index (κ1) is 14.3. The molecule has 0 aromatic heterocycles. The monoisotopic (exact) mass is 257 g/mol. The van der Waals surface area contributed by atoms with Gasteiger partial charge in [-0.15, -0.1) is 0 Å². The van der Waals surface area contributed by atoms with E-state index >= 15 is 0 Å². The van der Waals surface area contributed by atoms with E-state index in [0.717, 1.165) is 12.3 Å². The zero-order valence-electron chi connectivity index (χ0n) is 10.6. The van der Waals surface area contributed by atoms with Crippen molar-refractivity contribution in [2.45, 2.75) is 19.4 Å². The molecule has 0 heterocycles. The lowest BCUT2D eigenvalue weighted by Crippen LogP contribution is -2.38. The van der Waals surface area contributed by atoms with Crippen LogP contribution in [0.25, 0.3) is 0 Å². The number of rotatable bonds is 6. The third-order valence-corrected chi connectivity index (χ3v) is 2.43. The zero-order valence-corrected chi connectivity index (χ0v) is 11.4. The maximum Gasteiger partial charge on any atom is 0.120 e. The number of halogens is 1. The van der Waals surface area contributed by atoms with Crippen LogP contribution in [-0.2, 0) is 0 Å². The molecule has 0 radical (unpaired) electrons. The van der Waals surface area contributed by atoms with E-state index in [-0.39, 0.29) is 0 Å². The van der Waals surface area contributed by atoms with Gasteiger partial charge in [-0.3, -0.25) is 0 Å². The van der Waals surface area contributed by atoms with Gasteiger partial charge in [0.2, 0.25) is 0 Å². The van der Waals surface area contributed by atoms with Gasteiger partial charge in [-0.25, -0.2) is 0 Å². The summed E-state index contributed by atoms with van der Waals surface area (Å²) in [6.07, 6.45) is 0. The average molecular weight is 258 g/mol. The number of ether oxygens (including phenoxy) is 1. The van der Waals surface area contributed by atoms with Gasteiger partial charge in [0.05, 0.1) is 5.60 Å². The van der Waals surface area contributed by atoms with Gasteiger partial charge in [-0.2, -0.15) is 0 Å². The molecule has 1 rings (SSSR count). The first-order chi connectivity index (χ1) is 7.87. The second-order valence-electron chi connectivity index (χ2n) is 4.86. The van der Waals surface area contributed by atoms with E-state index < -0.39 is 5.60 Å². The highest BCUT2D eigenvalue weighted by Gasteiger charge is 2.15. The largest absolute Gasteiger partial charge is 0.492 e. The Hall–Kier alpha value is -0.770. The maximum atomic E-state index is 9.64. The van der Waals surface area contributed by atoms with Crippen molar-refractivity contribution in [3.05, 3.63) is 29.3 Å². The number of likely N-dealkylation sites (N-methyl/N-ethyl adjacent to an activating group) is 1. The molecular weight excluding hydrogens is 238 g/mol. The van der Waals surface area contributed by atoms with Gasteiger partial charge >= 0.3 is 0 Å². The Bertz CT molecular complexity index is 350. The van der Waals surface area contributed by atoms with E-state index in [1.54, 1.807) is 19.9 Å². The molecule has 96 valence electrons. The maximum absolute atomic E-state index is 9.64. The van der Waals surface area contributed by atoms with Crippen molar-refractivity contribution >= 4 is 11.6 Å². The van der Waals surface area contributed by atoms with Crippen molar-refractivity contribution in [2.24, 2.45) is 0 Å². The van der Waals surface area contributed by atoms with E-state index in [1.807, 2.05) is 30.1 Å². The summed E-state index contributed by atoms with van der Waals surface area (Å²) in [5.41, 5.74) is -0.676. The van der Waals surface area contributed by atoms with Crippen molar-refractivity contribution in [3.8, 4) is 5.75 Å². The molecule has 0 saturated heterocycles. The van der Waals surface area contributed by atoms with Crippen LogP contribution < -0.4 is 4.74 Å². The number of hydrogen-bond acceptors (Lipinski definition) is 3. The van der Waals surface area contributed by atoms with Gasteiger partial charge in [0.15, 0.2) is 0 Å². The minimum absolute atomic E-state index is 0.576. The molecule has 17 heavy (non-hydrogen) atoms. The highest BCUT2D eigenvalue weighted by molar-refractivity contribution is 6.30. The number of hydrogen-bond donors (Lipinski definition) is 1. The van der Waals surface area contributed by atoms with Gasteiger partial charge in [0.1, 0.15) is 12.4 Å². The molecule has 4 heteroatoms. The Kier molecular flexibility index (Phi) is 5.25. The summed E-state index contributed by atoms with van der Waals surface area (Å²) in [7, 11) is 1.96. The van der Waals surface area contributed by atoms with Crippen molar-refractivity contribution in [1.29, 1.82) is 0 Å². The van der Waals surface area contributed by atoms with Crippen molar-refractivity contribution in [2.75, 3.05) is 26.7 Å².